The van der Waals surface area contributed by atoms with Crippen molar-refractivity contribution in [3.63, 3.8) is 0 Å². The van der Waals surface area contributed by atoms with Crippen molar-refractivity contribution >= 4 is 17.6 Å². The number of hydrogen-bond donors (Lipinski definition) is 2. The van der Waals surface area contributed by atoms with Gasteiger partial charge in [-0.3, -0.25) is 9.59 Å². The van der Waals surface area contributed by atoms with Crippen LogP contribution in [-0.4, -0.2) is 47.6 Å². The van der Waals surface area contributed by atoms with Crippen LogP contribution in [0.3, 0.4) is 0 Å². The molecule has 31 heavy (non-hydrogen) atoms. The molecule has 2 aliphatic rings. The molecule has 1 aromatic carbocycles. The van der Waals surface area contributed by atoms with Crippen LogP contribution in [0.4, 0.5) is 10.5 Å². The lowest BCUT2D eigenvalue weighted by Crippen LogP contribution is -2.49. The minimum absolute atomic E-state index is 0.00297. The predicted molar refractivity (Wildman–Crippen MR) is 118 cm³/mol. The number of fused-ring (bicyclic) bond motifs is 4. The molecule has 0 aliphatic carbocycles. The van der Waals surface area contributed by atoms with Crippen LogP contribution in [0.15, 0.2) is 41.2 Å². The number of pyridine rings is 1. The summed E-state index contributed by atoms with van der Waals surface area (Å²) in [6, 6.07) is 10.3. The third kappa shape index (κ3) is 4.28. The lowest BCUT2D eigenvalue weighted by Gasteiger charge is -2.43. The Morgan fingerprint density at radius 1 is 1.06 bits per heavy atom. The zero-order chi connectivity index (χ0) is 22.1. The summed E-state index contributed by atoms with van der Waals surface area (Å²) in [5.74, 6) is 1.01. The van der Waals surface area contributed by atoms with Gasteiger partial charge in [-0.05, 0) is 62.6 Å². The number of carbonyl (C=O) groups is 2. The molecule has 1 aromatic heterocycles. The number of anilines is 1. The van der Waals surface area contributed by atoms with E-state index in [9.17, 15) is 14.4 Å². The van der Waals surface area contributed by atoms with Crippen molar-refractivity contribution < 1.29 is 14.3 Å². The highest BCUT2D eigenvalue weighted by atomic mass is 16.5. The van der Waals surface area contributed by atoms with Crippen LogP contribution >= 0.6 is 0 Å². The molecule has 3 heterocycles. The molecule has 8 nitrogen and oxygen atoms in total. The summed E-state index contributed by atoms with van der Waals surface area (Å²) in [6.07, 6.45) is 0.951. The largest absolute Gasteiger partial charge is 0.497 e. The second kappa shape index (κ2) is 8.45. The van der Waals surface area contributed by atoms with E-state index >= 15 is 0 Å². The Hall–Kier alpha value is -3.29. The Morgan fingerprint density at radius 2 is 1.81 bits per heavy atom. The first-order valence-electron chi connectivity index (χ1n) is 10.6. The number of amides is 3. The number of nitrogens with one attached hydrogen (secondary N) is 2. The third-order valence-corrected chi connectivity index (χ3v) is 5.90. The van der Waals surface area contributed by atoms with Crippen LogP contribution in [0.5, 0.6) is 5.75 Å². The molecule has 2 bridgehead atoms. The summed E-state index contributed by atoms with van der Waals surface area (Å²) in [7, 11) is 1.60. The lowest BCUT2D eigenvalue weighted by molar-refractivity contribution is 0.0594. The third-order valence-electron chi connectivity index (χ3n) is 5.90. The van der Waals surface area contributed by atoms with Crippen molar-refractivity contribution in [1.82, 2.24) is 14.8 Å². The standard InChI is InChI=1S/C23H28N4O4/c1-14(2)24-23(30)25-19-8-9-20-17-10-15(12-27(20)22(19)29)11-26(13-17)21(28)16-4-6-18(31-3)7-5-16/h4-9,14-15,17H,10-13H2,1-3H3,(H2,24,25,30)/t15-,17+/m0/s1. The Kier molecular flexibility index (Phi) is 5.71. The number of urea groups is 1. The monoisotopic (exact) mass is 424 g/mol. The van der Waals surface area contributed by atoms with Gasteiger partial charge in [0.05, 0.1) is 7.11 Å². The molecule has 0 spiro atoms. The van der Waals surface area contributed by atoms with Gasteiger partial charge in [0.25, 0.3) is 11.5 Å². The Morgan fingerprint density at radius 3 is 2.48 bits per heavy atom. The van der Waals surface area contributed by atoms with E-state index in [1.807, 2.05) is 24.8 Å². The molecule has 4 rings (SSSR count). The summed E-state index contributed by atoms with van der Waals surface area (Å²) in [4.78, 5) is 39.9. The molecule has 0 unspecified atom stereocenters. The molecule has 8 heteroatoms. The Bertz CT molecular complexity index is 1040. The Balaban J connectivity index is 1.53. The predicted octanol–water partition coefficient (Wildman–Crippen LogP) is 2.65. The van der Waals surface area contributed by atoms with Crippen LogP contribution < -0.4 is 20.9 Å². The molecule has 3 amide bonds. The molecule has 164 valence electrons. The topological polar surface area (TPSA) is 92.7 Å². The fourth-order valence-electron chi connectivity index (χ4n) is 4.54. The number of aromatic nitrogens is 1. The Labute approximate surface area is 181 Å². The summed E-state index contributed by atoms with van der Waals surface area (Å²) in [5, 5.41) is 5.39. The maximum absolute atomic E-state index is 13.0. The van der Waals surface area contributed by atoms with E-state index in [1.54, 1.807) is 42.0 Å². The van der Waals surface area contributed by atoms with Crippen LogP contribution in [0.25, 0.3) is 0 Å². The minimum Gasteiger partial charge on any atom is -0.497 e. The SMILES string of the molecule is COc1ccc(C(=O)N2C[C@@H]3C[C@H](C2)c2ccc(NC(=O)NC(C)C)c(=O)n2C3)cc1. The average Bonchev–Trinajstić information content (AvgIpc) is 2.75. The summed E-state index contributed by atoms with van der Waals surface area (Å²) < 4.78 is 6.93. The van der Waals surface area contributed by atoms with Crippen molar-refractivity contribution in [2.24, 2.45) is 5.92 Å². The van der Waals surface area contributed by atoms with Crippen molar-refractivity contribution in [3.05, 3.63) is 58.0 Å². The second-order valence-electron chi connectivity index (χ2n) is 8.58. The smallest absolute Gasteiger partial charge is 0.319 e. The van der Waals surface area contributed by atoms with Crippen LogP contribution in [0, 0.1) is 5.92 Å². The molecule has 1 saturated heterocycles. The van der Waals surface area contributed by atoms with Gasteiger partial charge in [-0.25, -0.2) is 4.79 Å². The van der Waals surface area contributed by atoms with Gasteiger partial charge in [-0.1, -0.05) is 0 Å². The normalized spacial score (nSPS) is 19.5. The highest BCUT2D eigenvalue weighted by molar-refractivity contribution is 5.94. The van der Waals surface area contributed by atoms with E-state index in [0.717, 1.165) is 12.1 Å². The molecule has 1 fully saturated rings. The van der Waals surface area contributed by atoms with Crippen molar-refractivity contribution in [1.29, 1.82) is 0 Å². The van der Waals surface area contributed by atoms with E-state index in [2.05, 4.69) is 10.6 Å². The summed E-state index contributed by atoms with van der Waals surface area (Å²) >= 11 is 0. The first-order valence-corrected chi connectivity index (χ1v) is 10.6. The summed E-state index contributed by atoms with van der Waals surface area (Å²) in [6.45, 7) is 5.44. The quantitative estimate of drug-likeness (QED) is 0.789. The first kappa shape index (κ1) is 21.0. The van der Waals surface area contributed by atoms with Gasteiger partial charge < -0.3 is 24.8 Å². The zero-order valence-electron chi connectivity index (χ0n) is 18.1. The molecule has 0 saturated carbocycles. The molecule has 2 aliphatic heterocycles. The maximum Gasteiger partial charge on any atom is 0.319 e. The second-order valence-corrected chi connectivity index (χ2v) is 8.58. The molecule has 2 N–H and O–H groups in total. The van der Waals surface area contributed by atoms with Crippen LogP contribution in [0.1, 0.15) is 42.2 Å². The summed E-state index contributed by atoms with van der Waals surface area (Å²) in [5.41, 5.74) is 1.63. The zero-order valence-corrected chi connectivity index (χ0v) is 18.1. The number of benzene rings is 1. The number of ether oxygens (including phenoxy) is 1. The van der Waals surface area contributed by atoms with E-state index in [1.165, 1.54) is 0 Å². The number of hydrogen-bond acceptors (Lipinski definition) is 4. The fourth-order valence-corrected chi connectivity index (χ4v) is 4.54. The van der Waals surface area contributed by atoms with Crippen LogP contribution in [-0.2, 0) is 6.54 Å². The maximum atomic E-state index is 13.0. The van der Waals surface area contributed by atoms with E-state index in [0.29, 0.717) is 30.9 Å². The number of rotatable bonds is 4. The van der Waals surface area contributed by atoms with Gasteiger partial charge in [0, 0.05) is 42.9 Å². The van der Waals surface area contributed by atoms with E-state index < -0.39 is 0 Å². The van der Waals surface area contributed by atoms with Crippen molar-refractivity contribution in [2.45, 2.75) is 38.8 Å². The van der Waals surface area contributed by atoms with Gasteiger partial charge in [-0.2, -0.15) is 0 Å². The van der Waals surface area contributed by atoms with Gasteiger partial charge in [-0.15, -0.1) is 0 Å². The van der Waals surface area contributed by atoms with Gasteiger partial charge in [0.1, 0.15) is 11.4 Å². The van der Waals surface area contributed by atoms with E-state index in [-0.39, 0.29) is 41.1 Å². The van der Waals surface area contributed by atoms with Gasteiger partial charge >= 0.3 is 6.03 Å². The molecular weight excluding hydrogens is 396 g/mol. The average molecular weight is 425 g/mol. The fraction of sp³-hybridized carbons (Fsp3) is 0.435. The molecular formula is C23H28N4O4. The van der Waals surface area contributed by atoms with Gasteiger partial charge in [0.15, 0.2) is 0 Å². The number of carbonyl (C=O) groups excluding carboxylic acids is 2. The number of nitrogens with zero attached hydrogens (tertiary/aromatic N) is 2. The number of likely N-dealkylation sites (tertiary alicyclic amines) is 1. The van der Waals surface area contributed by atoms with Gasteiger partial charge in [0.2, 0.25) is 0 Å². The van der Waals surface area contributed by atoms with Crippen molar-refractivity contribution in [2.75, 3.05) is 25.5 Å². The minimum atomic E-state index is -0.389. The lowest BCUT2D eigenvalue weighted by atomic mass is 9.83. The van der Waals surface area contributed by atoms with Crippen LogP contribution in [0.2, 0.25) is 0 Å². The molecule has 2 atom stereocenters. The van der Waals surface area contributed by atoms with Crippen molar-refractivity contribution in [3.8, 4) is 5.75 Å². The number of methoxy groups -OCH3 is 1. The molecule has 2 aromatic rings. The first-order chi connectivity index (χ1) is 14.9. The highest BCUT2D eigenvalue weighted by Crippen LogP contribution is 2.36. The van der Waals surface area contributed by atoms with E-state index in [4.69, 9.17) is 4.74 Å². The number of piperidine rings is 1. The molecule has 0 radical (unpaired) electrons. The highest BCUT2D eigenvalue weighted by Gasteiger charge is 2.37.